The molecule has 114 valence electrons. The molecule has 1 aromatic heterocycles. The Balaban J connectivity index is 1.92. The molecule has 0 spiro atoms. The van der Waals surface area contributed by atoms with Gasteiger partial charge < -0.3 is 14.5 Å². The fraction of sp³-hybridized carbons (Fsp3) is 0.444. The van der Waals surface area contributed by atoms with Crippen LogP contribution in [0.1, 0.15) is 36.3 Å². The molecule has 0 aliphatic heterocycles. The molecule has 2 aromatic rings. The first kappa shape index (κ1) is 15.6. The van der Waals surface area contributed by atoms with Gasteiger partial charge in [-0.25, -0.2) is 0 Å². The summed E-state index contributed by atoms with van der Waals surface area (Å²) in [6.07, 6.45) is 1.73. The van der Waals surface area contributed by atoms with E-state index in [0.29, 0.717) is 12.5 Å². The Bertz CT molecular complexity index is 572. The van der Waals surface area contributed by atoms with Gasteiger partial charge in [0, 0.05) is 5.56 Å². The third-order valence-corrected chi connectivity index (χ3v) is 3.39. The summed E-state index contributed by atoms with van der Waals surface area (Å²) in [6.45, 7) is 10.8. The molecule has 0 aliphatic carbocycles. The predicted molar refractivity (Wildman–Crippen MR) is 85.5 cm³/mol. The Kier molecular flexibility index (Phi) is 5.45. The van der Waals surface area contributed by atoms with Crippen LogP contribution in [0, 0.1) is 19.8 Å². The summed E-state index contributed by atoms with van der Waals surface area (Å²) in [7, 11) is 0. The monoisotopic (exact) mass is 287 g/mol. The fourth-order valence-corrected chi connectivity index (χ4v) is 2.24. The number of rotatable bonds is 7. The zero-order valence-corrected chi connectivity index (χ0v) is 13.4. The van der Waals surface area contributed by atoms with Gasteiger partial charge in [-0.05, 0) is 44.0 Å². The average molecular weight is 287 g/mol. The largest absolute Gasteiger partial charge is 0.489 e. The summed E-state index contributed by atoms with van der Waals surface area (Å²) >= 11 is 0. The number of aryl methyl sites for hydroxylation is 2. The van der Waals surface area contributed by atoms with E-state index in [4.69, 9.17) is 9.15 Å². The van der Waals surface area contributed by atoms with Crippen LogP contribution in [-0.2, 0) is 13.2 Å². The molecule has 3 nitrogen and oxygen atoms in total. The first-order valence-corrected chi connectivity index (χ1v) is 7.52. The van der Waals surface area contributed by atoms with E-state index in [1.165, 1.54) is 5.56 Å². The van der Waals surface area contributed by atoms with Gasteiger partial charge in [0.2, 0.25) is 0 Å². The highest BCUT2D eigenvalue weighted by Gasteiger charge is 2.08. The lowest BCUT2D eigenvalue weighted by atomic mass is 10.1. The lowest BCUT2D eigenvalue weighted by molar-refractivity contribution is 0.299. The Morgan fingerprint density at radius 1 is 1.19 bits per heavy atom. The molecule has 0 fully saturated rings. The highest BCUT2D eigenvalue weighted by molar-refractivity contribution is 5.35. The van der Waals surface area contributed by atoms with Gasteiger partial charge in [0.05, 0.1) is 12.8 Å². The molecule has 2 rings (SSSR count). The van der Waals surface area contributed by atoms with Gasteiger partial charge in [0.25, 0.3) is 0 Å². The lowest BCUT2D eigenvalue weighted by Crippen LogP contribution is -2.19. The SMILES string of the molecule is Cc1ccc(OCc2ccoc2CNCC(C)C)c(C)c1. The number of hydrogen-bond acceptors (Lipinski definition) is 3. The standard InChI is InChI=1S/C18H25NO2/c1-13(2)10-19-11-18-16(7-8-20-18)12-21-17-6-5-14(3)9-15(17)4/h5-9,13,19H,10-12H2,1-4H3. The van der Waals surface area contributed by atoms with Crippen LogP contribution in [0.15, 0.2) is 34.9 Å². The van der Waals surface area contributed by atoms with Crippen molar-refractivity contribution in [1.82, 2.24) is 5.32 Å². The number of nitrogens with one attached hydrogen (secondary N) is 1. The summed E-state index contributed by atoms with van der Waals surface area (Å²) in [6, 6.07) is 8.22. The number of hydrogen-bond donors (Lipinski definition) is 1. The van der Waals surface area contributed by atoms with Gasteiger partial charge in [-0.1, -0.05) is 31.5 Å². The van der Waals surface area contributed by atoms with Crippen LogP contribution in [-0.4, -0.2) is 6.54 Å². The minimum Gasteiger partial charge on any atom is -0.489 e. The quantitative estimate of drug-likeness (QED) is 0.828. The van der Waals surface area contributed by atoms with Gasteiger partial charge in [0.1, 0.15) is 18.1 Å². The average Bonchev–Trinajstić information content (AvgIpc) is 2.85. The molecule has 3 heteroatoms. The van der Waals surface area contributed by atoms with E-state index in [0.717, 1.165) is 35.7 Å². The molecule has 1 aromatic carbocycles. The molecule has 0 atom stereocenters. The van der Waals surface area contributed by atoms with Gasteiger partial charge in [-0.3, -0.25) is 0 Å². The summed E-state index contributed by atoms with van der Waals surface area (Å²) in [5, 5.41) is 3.40. The van der Waals surface area contributed by atoms with Crippen molar-refractivity contribution in [1.29, 1.82) is 0 Å². The number of furan rings is 1. The van der Waals surface area contributed by atoms with E-state index in [2.05, 4.69) is 45.1 Å². The predicted octanol–water partition coefficient (Wildman–Crippen LogP) is 4.22. The second kappa shape index (κ2) is 7.32. The van der Waals surface area contributed by atoms with E-state index < -0.39 is 0 Å². The third-order valence-electron chi connectivity index (χ3n) is 3.39. The van der Waals surface area contributed by atoms with Crippen LogP contribution in [0.2, 0.25) is 0 Å². The van der Waals surface area contributed by atoms with Crippen molar-refractivity contribution in [2.45, 2.75) is 40.8 Å². The van der Waals surface area contributed by atoms with Gasteiger partial charge in [-0.2, -0.15) is 0 Å². The molecular formula is C18H25NO2. The maximum Gasteiger partial charge on any atom is 0.124 e. The second-order valence-corrected chi connectivity index (χ2v) is 5.95. The molecule has 0 saturated heterocycles. The van der Waals surface area contributed by atoms with Gasteiger partial charge in [0.15, 0.2) is 0 Å². The molecule has 0 unspecified atom stereocenters. The molecule has 0 bridgehead atoms. The first-order valence-electron chi connectivity index (χ1n) is 7.52. The number of benzene rings is 1. The van der Waals surface area contributed by atoms with E-state index in [1.807, 2.05) is 12.1 Å². The zero-order valence-electron chi connectivity index (χ0n) is 13.4. The Hall–Kier alpha value is -1.74. The lowest BCUT2D eigenvalue weighted by Gasteiger charge is -2.10. The van der Waals surface area contributed by atoms with Crippen molar-refractivity contribution >= 4 is 0 Å². The highest BCUT2D eigenvalue weighted by atomic mass is 16.5. The maximum absolute atomic E-state index is 5.92. The molecule has 1 N–H and O–H groups in total. The summed E-state index contributed by atoms with van der Waals surface area (Å²) in [4.78, 5) is 0. The Labute approximate surface area is 127 Å². The summed E-state index contributed by atoms with van der Waals surface area (Å²) < 4.78 is 11.5. The molecule has 1 heterocycles. The normalized spacial score (nSPS) is 11.1. The minimum absolute atomic E-state index is 0.541. The van der Waals surface area contributed by atoms with E-state index >= 15 is 0 Å². The minimum atomic E-state index is 0.541. The fourth-order valence-electron chi connectivity index (χ4n) is 2.24. The van der Waals surface area contributed by atoms with Crippen LogP contribution >= 0.6 is 0 Å². The van der Waals surface area contributed by atoms with Crippen molar-refractivity contribution < 1.29 is 9.15 Å². The van der Waals surface area contributed by atoms with Crippen molar-refractivity contribution in [2.75, 3.05) is 6.54 Å². The van der Waals surface area contributed by atoms with Gasteiger partial charge in [-0.15, -0.1) is 0 Å². The Morgan fingerprint density at radius 2 is 2.00 bits per heavy atom. The molecule has 0 aliphatic rings. The smallest absolute Gasteiger partial charge is 0.124 e. The third kappa shape index (κ3) is 4.64. The Morgan fingerprint density at radius 3 is 2.71 bits per heavy atom. The van der Waals surface area contributed by atoms with Crippen molar-refractivity contribution in [3.05, 3.63) is 53.0 Å². The van der Waals surface area contributed by atoms with E-state index in [9.17, 15) is 0 Å². The molecular weight excluding hydrogens is 262 g/mol. The van der Waals surface area contributed by atoms with Crippen LogP contribution in [0.25, 0.3) is 0 Å². The van der Waals surface area contributed by atoms with Crippen LogP contribution < -0.4 is 10.1 Å². The molecule has 0 amide bonds. The molecule has 21 heavy (non-hydrogen) atoms. The van der Waals surface area contributed by atoms with E-state index in [1.54, 1.807) is 6.26 Å². The first-order chi connectivity index (χ1) is 10.1. The van der Waals surface area contributed by atoms with Crippen LogP contribution in [0.5, 0.6) is 5.75 Å². The highest BCUT2D eigenvalue weighted by Crippen LogP contribution is 2.21. The zero-order chi connectivity index (χ0) is 15.2. The maximum atomic E-state index is 5.92. The van der Waals surface area contributed by atoms with Crippen molar-refractivity contribution in [3.63, 3.8) is 0 Å². The van der Waals surface area contributed by atoms with Crippen molar-refractivity contribution in [2.24, 2.45) is 5.92 Å². The van der Waals surface area contributed by atoms with Gasteiger partial charge >= 0.3 is 0 Å². The summed E-state index contributed by atoms with van der Waals surface area (Å²) in [5.74, 6) is 2.53. The topological polar surface area (TPSA) is 34.4 Å². The number of ether oxygens (including phenoxy) is 1. The molecule has 0 saturated carbocycles. The van der Waals surface area contributed by atoms with Crippen LogP contribution in [0.3, 0.4) is 0 Å². The van der Waals surface area contributed by atoms with E-state index in [-0.39, 0.29) is 0 Å². The van der Waals surface area contributed by atoms with Crippen molar-refractivity contribution in [3.8, 4) is 5.75 Å². The molecule has 0 radical (unpaired) electrons. The summed E-state index contributed by atoms with van der Waals surface area (Å²) in [5.41, 5.74) is 3.52. The second-order valence-electron chi connectivity index (χ2n) is 5.95. The van der Waals surface area contributed by atoms with Crippen LogP contribution in [0.4, 0.5) is 0 Å².